The van der Waals surface area contributed by atoms with Crippen molar-refractivity contribution < 1.29 is 28.1 Å². The topological polar surface area (TPSA) is 89.8 Å². The van der Waals surface area contributed by atoms with E-state index in [0.717, 1.165) is 37.0 Å². The molecule has 1 fully saturated rings. The van der Waals surface area contributed by atoms with Gasteiger partial charge in [-0.3, -0.25) is 4.79 Å². The summed E-state index contributed by atoms with van der Waals surface area (Å²) in [6, 6.07) is 15.5. The van der Waals surface area contributed by atoms with Crippen molar-refractivity contribution in [3.05, 3.63) is 76.0 Å². The normalized spacial score (nSPS) is 18.1. The highest BCUT2D eigenvalue weighted by Gasteiger charge is 2.36. The number of carbonyl (C=O) groups is 1. The highest BCUT2D eigenvalue weighted by molar-refractivity contribution is 9.10. The summed E-state index contributed by atoms with van der Waals surface area (Å²) in [5, 5.41) is 12.9. The van der Waals surface area contributed by atoms with Crippen molar-refractivity contribution in [2.24, 2.45) is 0 Å². The number of ether oxygens (including phenoxy) is 4. The third-order valence-electron chi connectivity index (χ3n) is 7.56. The van der Waals surface area contributed by atoms with Crippen molar-refractivity contribution in [2.45, 2.75) is 50.3 Å². The van der Waals surface area contributed by atoms with Crippen LogP contribution in [0.25, 0.3) is 0 Å². The summed E-state index contributed by atoms with van der Waals surface area (Å²) in [6.07, 6.45) is 4.47. The fourth-order valence-corrected chi connectivity index (χ4v) is 5.66. The van der Waals surface area contributed by atoms with Crippen LogP contribution in [0.1, 0.15) is 42.6 Å². The summed E-state index contributed by atoms with van der Waals surface area (Å²) < 4.78 is 38.1. The quantitative estimate of drug-likeness (QED) is 0.257. The van der Waals surface area contributed by atoms with Crippen LogP contribution < -0.4 is 19.5 Å². The number of halogens is 2. The summed E-state index contributed by atoms with van der Waals surface area (Å²) in [5.41, 5.74) is 2.48. The smallest absolute Gasteiger partial charge is 0.276 e. The summed E-state index contributed by atoms with van der Waals surface area (Å²) >= 11 is 3.18. The Morgan fingerprint density at radius 1 is 1.17 bits per heavy atom. The molecule has 41 heavy (non-hydrogen) atoms. The van der Waals surface area contributed by atoms with Crippen LogP contribution in [-0.4, -0.2) is 39.0 Å². The molecule has 10 heteroatoms. The van der Waals surface area contributed by atoms with Gasteiger partial charge >= 0.3 is 0 Å². The van der Waals surface area contributed by atoms with Crippen LogP contribution >= 0.6 is 15.9 Å². The van der Waals surface area contributed by atoms with Crippen molar-refractivity contribution in [3.63, 3.8) is 0 Å². The highest BCUT2D eigenvalue weighted by Crippen LogP contribution is 2.42. The monoisotopic (exact) mass is 620 g/mol. The molecule has 0 aromatic heterocycles. The Labute approximate surface area is 248 Å². The molecule has 7 nitrogen and oxygen atoms in total. The molecule has 0 aliphatic carbocycles. The summed E-state index contributed by atoms with van der Waals surface area (Å²) in [6.45, 7) is 0.741. The van der Waals surface area contributed by atoms with Gasteiger partial charge in [0.25, 0.3) is 6.71 Å². The van der Waals surface area contributed by atoms with Crippen molar-refractivity contribution >= 4 is 34.2 Å². The standard InChI is InChI=1S/C31H31BBrFN2O5/c1-38-22-7-4-5-21(14-22)36-31(37)17-26-25-16-30(41-23-8-9-27(33)28(34)15-23)29(13-20(25)10-11-32(26)19-35)40-18-24-6-2-3-12-39-24/h4-5,7-9,13-16,24,26H,2-3,6,10-12,17-18H2,1H3,(H,36,37). The van der Waals surface area contributed by atoms with Gasteiger partial charge in [-0.1, -0.05) is 12.4 Å². The number of methoxy groups -OCH3 is 1. The van der Waals surface area contributed by atoms with Crippen LogP contribution in [-0.2, 0) is 16.0 Å². The molecule has 3 aromatic rings. The highest BCUT2D eigenvalue weighted by atomic mass is 79.9. The number of rotatable bonds is 9. The van der Waals surface area contributed by atoms with E-state index in [1.165, 1.54) is 6.07 Å². The SMILES string of the molecule is COc1cccc(NC(=O)CC2B(C#N)CCc3cc(OCC4CCCCO4)c(Oc4ccc(Br)c(F)c4)cc32)c1. The zero-order valence-corrected chi connectivity index (χ0v) is 24.4. The Balaban J connectivity index is 1.44. The number of hydrogen-bond acceptors (Lipinski definition) is 6. The van der Waals surface area contributed by atoms with E-state index in [1.54, 1.807) is 43.5 Å². The Morgan fingerprint density at radius 2 is 2.05 bits per heavy atom. The fourth-order valence-electron chi connectivity index (χ4n) is 5.41. The van der Waals surface area contributed by atoms with E-state index in [-0.39, 0.29) is 31.0 Å². The first kappa shape index (κ1) is 29.0. The predicted molar refractivity (Wildman–Crippen MR) is 159 cm³/mol. The maximum absolute atomic E-state index is 14.3. The molecule has 2 atom stereocenters. The lowest BCUT2D eigenvalue weighted by Crippen LogP contribution is -2.32. The second-order valence-electron chi connectivity index (χ2n) is 10.3. The van der Waals surface area contributed by atoms with Gasteiger partial charge in [0.05, 0.1) is 17.7 Å². The van der Waals surface area contributed by atoms with Crippen molar-refractivity contribution in [2.75, 3.05) is 25.6 Å². The second kappa shape index (κ2) is 13.4. The molecule has 0 spiro atoms. The average Bonchev–Trinajstić information content (AvgIpc) is 2.99. The van der Waals surface area contributed by atoms with Gasteiger partial charge < -0.3 is 24.3 Å². The molecule has 1 N–H and O–H groups in total. The van der Waals surface area contributed by atoms with Gasteiger partial charge in [-0.2, -0.15) is 0 Å². The van der Waals surface area contributed by atoms with Crippen molar-refractivity contribution in [1.82, 2.24) is 0 Å². The maximum atomic E-state index is 14.3. The van der Waals surface area contributed by atoms with E-state index in [0.29, 0.717) is 52.5 Å². The molecule has 1 amide bonds. The molecule has 0 bridgehead atoms. The lowest BCUT2D eigenvalue weighted by atomic mass is 9.35. The van der Waals surface area contributed by atoms with Crippen LogP contribution in [0.5, 0.6) is 23.0 Å². The number of nitrogens with one attached hydrogen (secondary N) is 1. The van der Waals surface area contributed by atoms with Crippen LogP contribution in [0.2, 0.25) is 6.32 Å². The van der Waals surface area contributed by atoms with Gasteiger partial charge in [-0.25, -0.2) is 9.65 Å². The Hall–Kier alpha value is -3.55. The Morgan fingerprint density at radius 3 is 2.80 bits per heavy atom. The molecule has 1 saturated heterocycles. The molecule has 3 aromatic carbocycles. The van der Waals surface area contributed by atoms with Gasteiger partial charge in [0.15, 0.2) is 11.5 Å². The number of benzene rings is 3. The zero-order chi connectivity index (χ0) is 28.8. The molecular formula is C31H31BBrFN2O5. The lowest BCUT2D eigenvalue weighted by Gasteiger charge is -2.29. The maximum Gasteiger partial charge on any atom is 0.276 e. The number of fused-ring (bicyclic) bond motifs is 1. The largest absolute Gasteiger partial charge is 0.497 e. The molecule has 2 unspecified atom stereocenters. The summed E-state index contributed by atoms with van der Waals surface area (Å²) in [5.74, 6) is 3.27. The van der Waals surface area contributed by atoms with Gasteiger partial charge in [-0.05, 0) is 95.0 Å². The van der Waals surface area contributed by atoms with Gasteiger partial charge in [0.2, 0.25) is 5.91 Å². The van der Waals surface area contributed by atoms with Gasteiger partial charge in [-0.15, -0.1) is 0 Å². The minimum atomic E-state index is -0.449. The number of amides is 1. The third kappa shape index (κ3) is 7.21. The summed E-state index contributed by atoms with van der Waals surface area (Å²) in [7, 11) is 1.57. The fraction of sp³-hybridized carbons (Fsp3) is 0.355. The van der Waals surface area contributed by atoms with Gasteiger partial charge in [0, 0.05) is 36.8 Å². The van der Waals surface area contributed by atoms with E-state index in [9.17, 15) is 14.4 Å². The molecule has 5 rings (SSSR count). The van der Waals surface area contributed by atoms with E-state index >= 15 is 0 Å². The Kier molecular flexibility index (Phi) is 9.47. The Bertz CT molecular complexity index is 1440. The van der Waals surface area contributed by atoms with Gasteiger partial charge in [0.1, 0.15) is 23.9 Å². The first-order valence-electron chi connectivity index (χ1n) is 13.8. The predicted octanol–water partition coefficient (Wildman–Crippen LogP) is 7.10. The molecule has 212 valence electrons. The van der Waals surface area contributed by atoms with Crippen LogP contribution in [0.4, 0.5) is 10.1 Å². The molecule has 2 aliphatic heterocycles. The first-order valence-corrected chi connectivity index (χ1v) is 14.6. The molecule has 2 heterocycles. The number of hydrogen-bond donors (Lipinski definition) is 1. The van der Waals surface area contributed by atoms with E-state index in [1.807, 2.05) is 12.1 Å². The first-order chi connectivity index (χ1) is 19.9. The number of nitriles is 1. The van der Waals surface area contributed by atoms with Crippen LogP contribution in [0.15, 0.2) is 59.1 Å². The number of carbonyl (C=O) groups excluding carboxylic acids is 1. The van der Waals surface area contributed by atoms with Crippen molar-refractivity contribution in [1.29, 1.82) is 5.26 Å². The minimum absolute atomic E-state index is 0.00576. The van der Waals surface area contributed by atoms with Crippen LogP contribution in [0, 0.1) is 17.0 Å². The second-order valence-corrected chi connectivity index (χ2v) is 11.2. The minimum Gasteiger partial charge on any atom is -0.497 e. The molecular weight excluding hydrogens is 590 g/mol. The molecule has 2 aliphatic rings. The molecule has 0 saturated carbocycles. The van der Waals surface area contributed by atoms with E-state index in [2.05, 4.69) is 27.2 Å². The number of anilines is 1. The average molecular weight is 621 g/mol. The lowest BCUT2D eigenvalue weighted by molar-refractivity contribution is -0.116. The van der Waals surface area contributed by atoms with Crippen LogP contribution in [0.3, 0.4) is 0 Å². The van der Waals surface area contributed by atoms with E-state index in [4.69, 9.17) is 18.9 Å². The summed E-state index contributed by atoms with van der Waals surface area (Å²) in [4.78, 5) is 13.2. The van der Waals surface area contributed by atoms with Crippen molar-refractivity contribution in [3.8, 4) is 29.0 Å². The number of aryl methyl sites for hydroxylation is 1. The molecule has 0 radical (unpaired) electrons. The zero-order valence-electron chi connectivity index (χ0n) is 22.8. The third-order valence-corrected chi connectivity index (χ3v) is 8.20. The van der Waals surface area contributed by atoms with E-state index < -0.39 is 5.82 Å². The number of nitrogens with zero attached hydrogens (tertiary/aromatic N) is 1.